The fraction of sp³-hybridized carbons (Fsp3) is 0.286. The molecular formula is C14H18N4O. The monoisotopic (exact) mass is 258 g/mol. The molecule has 1 atom stereocenters. The molecule has 2 aromatic rings. The Labute approximate surface area is 112 Å². The van der Waals surface area contributed by atoms with E-state index in [0.717, 1.165) is 16.8 Å². The highest BCUT2D eigenvalue weighted by Crippen LogP contribution is 2.19. The molecule has 2 rings (SSSR count). The first kappa shape index (κ1) is 13.1. The molecule has 5 nitrogen and oxygen atoms in total. The fourth-order valence-corrected chi connectivity index (χ4v) is 1.78. The number of nitrogens with zero attached hydrogens (tertiary/aromatic N) is 2. The van der Waals surface area contributed by atoms with E-state index in [1.54, 1.807) is 16.9 Å². The predicted octanol–water partition coefficient (Wildman–Crippen LogP) is 2.28. The van der Waals surface area contributed by atoms with Gasteiger partial charge in [0, 0.05) is 17.6 Å². The van der Waals surface area contributed by atoms with Crippen molar-refractivity contribution in [3.8, 4) is 0 Å². The average Bonchev–Trinajstić information content (AvgIpc) is 2.79. The smallest absolute Gasteiger partial charge is 0.248 e. The van der Waals surface area contributed by atoms with E-state index in [9.17, 15) is 4.79 Å². The molecule has 1 heterocycles. The first-order valence-electron chi connectivity index (χ1n) is 6.15. The van der Waals surface area contributed by atoms with E-state index in [2.05, 4.69) is 10.4 Å². The van der Waals surface area contributed by atoms with Crippen LogP contribution in [0.1, 0.15) is 24.1 Å². The van der Waals surface area contributed by atoms with Gasteiger partial charge in [-0.3, -0.25) is 9.48 Å². The van der Waals surface area contributed by atoms with Crippen LogP contribution >= 0.6 is 0 Å². The number of anilines is 2. The van der Waals surface area contributed by atoms with Crippen molar-refractivity contribution in [2.75, 3.05) is 11.1 Å². The molecule has 0 fully saturated rings. The van der Waals surface area contributed by atoms with Crippen molar-refractivity contribution in [1.82, 2.24) is 9.78 Å². The lowest BCUT2D eigenvalue weighted by molar-refractivity contribution is -0.119. The van der Waals surface area contributed by atoms with Crippen LogP contribution in [0.3, 0.4) is 0 Å². The number of aryl methyl sites for hydroxylation is 2. The summed E-state index contributed by atoms with van der Waals surface area (Å²) in [6.07, 6.45) is 3.58. The van der Waals surface area contributed by atoms with Crippen LogP contribution in [-0.4, -0.2) is 15.7 Å². The first-order chi connectivity index (χ1) is 8.97. The summed E-state index contributed by atoms with van der Waals surface area (Å²) in [6, 6.07) is 5.09. The summed E-state index contributed by atoms with van der Waals surface area (Å²) < 4.78 is 1.65. The van der Waals surface area contributed by atoms with Gasteiger partial charge in [0.05, 0.1) is 6.20 Å². The van der Waals surface area contributed by atoms with Crippen LogP contribution in [-0.2, 0) is 4.79 Å². The van der Waals surface area contributed by atoms with Crippen LogP contribution in [0.25, 0.3) is 0 Å². The Morgan fingerprint density at radius 2 is 2.16 bits per heavy atom. The van der Waals surface area contributed by atoms with E-state index in [0.29, 0.717) is 5.69 Å². The Balaban J connectivity index is 2.14. The lowest BCUT2D eigenvalue weighted by atomic mass is 10.1. The number of nitrogen functional groups attached to an aromatic ring is 1. The van der Waals surface area contributed by atoms with Gasteiger partial charge in [-0.1, -0.05) is 6.07 Å². The predicted molar refractivity (Wildman–Crippen MR) is 75.9 cm³/mol. The van der Waals surface area contributed by atoms with Crippen molar-refractivity contribution < 1.29 is 4.79 Å². The fourth-order valence-electron chi connectivity index (χ4n) is 1.78. The second-order valence-electron chi connectivity index (χ2n) is 4.74. The molecule has 1 unspecified atom stereocenters. The van der Waals surface area contributed by atoms with E-state index in [1.165, 1.54) is 0 Å². The van der Waals surface area contributed by atoms with Gasteiger partial charge >= 0.3 is 0 Å². The third-order valence-corrected chi connectivity index (χ3v) is 3.03. The minimum absolute atomic E-state index is 0.114. The second kappa shape index (κ2) is 5.14. The molecule has 5 heteroatoms. The Kier molecular flexibility index (Phi) is 3.55. The Hall–Kier alpha value is -2.30. The topological polar surface area (TPSA) is 72.9 Å². The van der Waals surface area contributed by atoms with E-state index in [1.807, 2.05) is 39.1 Å². The van der Waals surface area contributed by atoms with Crippen molar-refractivity contribution >= 4 is 17.3 Å². The Morgan fingerprint density at radius 1 is 1.42 bits per heavy atom. The maximum Gasteiger partial charge on any atom is 0.248 e. The quantitative estimate of drug-likeness (QED) is 0.829. The number of hydrogen-bond donors (Lipinski definition) is 2. The van der Waals surface area contributed by atoms with Gasteiger partial charge in [-0.2, -0.15) is 5.10 Å². The minimum Gasteiger partial charge on any atom is -0.399 e. The normalized spacial score (nSPS) is 12.2. The Bertz CT molecular complexity index is 603. The van der Waals surface area contributed by atoms with Gasteiger partial charge in [-0.05, 0) is 44.0 Å². The molecule has 19 heavy (non-hydrogen) atoms. The van der Waals surface area contributed by atoms with Gasteiger partial charge in [-0.25, -0.2) is 0 Å². The molecule has 1 aromatic carbocycles. The highest BCUT2D eigenvalue weighted by atomic mass is 16.2. The third-order valence-electron chi connectivity index (χ3n) is 3.03. The summed E-state index contributed by atoms with van der Waals surface area (Å²) in [5, 5.41) is 7.03. The molecule has 100 valence electrons. The molecule has 0 aliphatic heterocycles. The van der Waals surface area contributed by atoms with Crippen LogP contribution < -0.4 is 11.1 Å². The number of amides is 1. The van der Waals surface area contributed by atoms with Crippen molar-refractivity contribution in [2.24, 2.45) is 0 Å². The zero-order valence-electron chi connectivity index (χ0n) is 11.3. The largest absolute Gasteiger partial charge is 0.399 e. The maximum absolute atomic E-state index is 12.2. The zero-order chi connectivity index (χ0) is 14.0. The first-order valence-corrected chi connectivity index (χ1v) is 6.15. The summed E-state index contributed by atoms with van der Waals surface area (Å²) in [4.78, 5) is 12.2. The van der Waals surface area contributed by atoms with Gasteiger partial charge in [0.1, 0.15) is 6.04 Å². The highest BCUT2D eigenvalue weighted by Gasteiger charge is 2.16. The van der Waals surface area contributed by atoms with Crippen molar-refractivity contribution in [2.45, 2.75) is 26.8 Å². The van der Waals surface area contributed by atoms with Crippen LogP contribution in [0.15, 0.2) is 30.6 Å². The van der Waals surface area contributed by atoms with E-state index in [-0.39, 0.29) is 11.9 Å². The number of carbonyl (C=O) groups is 1. The van der Waals surface area contributed by atoms with Gasteiger partial charge in [0.15, 0.2) is 0 Å². The van der Waals surface area contributed by atoms with Gasteiger partial charge in [0.25, 0.3) is 0 Å². The third kappa shape index (κ3) is 2.93. The summed E-state index contributed by atoms with van der Waals surface area (Å²) in [5.41, 5.74) is 9.10. The number of benzene rings is 1. The molecule has 1 aromatic heterocycles. The molecule has 1 amide bonds. The summed E-state index contributed by atoms with van der Waals surface area (Å²) in [6.45, 7) is 5.68. The lowest BCUT2D eigenvalue weighted by Crippen LogP contribution is -2.24. The minimum atomic E-state index is -0.366. The summed E-state index contributed by atoms with van der Waals surface area (Å²) >= 11 is 0. The molecule has 0 aliphatic rings. The van der Waals surface area contributed by atoms with Gasteiger partial charge < -0.3 is 11.1 Å². The molecule has 0 radical (unpaired) electrons. The molecule has 0 spiro atoms. The van der Waals surface area contributed by atoms with Crippen molar-refractivity contribution in [3.05, 3.63) is 41.7 Å². The maximum atomic E-state index is 12.2. The van der Waals surface area contributed by atoms with E-state index >= 15 is 0 Å². The van der Waals surface area contributed by atoms with Crippen LogP contribution in [0.5, 0.6) is 0 Å². The number of aromatic nitrogens is 2. The SMILES string of the molecule is Cc1cnn(C(C)C(=O)Nc2cc(N)ccc2C)c1. The number of rotatable bonds is 3. The molecule has 0 saturated heterocycles. The average molecular weight is 258 g/mol. The van der Waals surface area contributed by atoms with E-state index in [4.69, 9.17) is 5.73 Å². The molecule has 0 aliphatic carbocycles. The van der Waals surface area contributed by atoms with Gasteiger partial charge in [0.2, 0.25) is 5.91 Å². The number of hydrogen-bond acceptors (Lipinski definition) is 3. The summed E-state index contributed by atoms with van der Waals surface area (Å²) in [5.74, 6) is -0.114. The standard InChI is InChI=1S/C14H18N4O/c1-9-7-16-18(8-9)11(3)14(19)17-13-6-12(15)5-4-10(13)2/h4-8,11H,15H2,1-3H3,(H,17,19). The van der Waals surface area contributed by atoms with Crippen LogP contribution in [0, 0.1) is 13.8 Å². The lowest BCUT2D eigenvalue weighted by Gasteiger charge is -2.14. The summed E-state index contributed by atoms with van der Waals surface area (Å²) in [7, 11) is 0. The van der Waals surface area contributed by atoms with Crippen molar-refractivity contribution in [3.63, 3.8) is 0 Å². The highest BCUT2D eigenvalue weighted by molar-refractivity contribution is 5.94. The second-order valence-corrected chi connectivity index (χ2v) is 4.74. The number of nitrogens with one attached hydrogen (secondary N) is 1. The zero-order valence-corrected chi connectivity index (χ0v) is 11.3. The van der Waals surface area contributed by atoms with E-state index < -0.39 is 0 Å². The number of nitrogens with two attached hydrogens (primary N) is 1. The molecule has 0 bridgehead atoms. The molecule has 0 saturated carbocycles. The van der Waals surface area contributed by atoms with Crippen molar-refractivity contribution in [1.29, 1.82) is 0 Å². The Morgan fingerprint density at radius 3 is 2.79 bits per heavy atom. The molecular weight excluding hydrogens is 240 g/mol. The number of carbonyl (C=O) groups excluding carboxylic acids is 1. The van der Waals surface area contributed by atoms with Crippen LogP contribution in [0.2, 0.25) is 0 Å². The molecule has 3 N–H and O–H groups in total. The van der Waals surface area contributed by atoms with Crippen LogP contribution in [0.4, 0.5) is 11.4 Å². The van der Waals surface area contributed by atoms with Gasteiger partial charge in [-0.15, -0.1) is 0 Å².